The number of halogens is 3. The van der Waals surface area contributed by atoms with Crippen molar-refractivity contribution in [2.24, 2.45) is 11.8 Å². The average molecular weight is 391 g/mol. The van der Waals surface area contributed by atoms with Gasteiger partial charge in [0.05, 0.1) is 12.5 Å². The molecule has 1 fully saturated rings. The summed E-state index contributed by atoms with van der Waals surface area (Å²) in [4.78, 5) is 12.2. The van der Waals surface area contributed by atoms with Gasteiger partial charge in [0, 0.05) is 11.5 Å². The Hall–Kier alpha value is -2.50. The lowest BCUT2D eigenvalue weighted by Crippen LogP contribution is -2.38. The molecule has 0 spiro atoms. The van der Waals surface area contributed by atoms with Crippen LogP contribution in [0.5, 0.6) is 5.75 Å². The molecular formula is C22H24F3NO2. The molecule has 1 amide bonds. The molecule has 150 valence electrons. The van der Waals surface area contributed by atoms with Crippen molar-refractivity contribution < 1.29 is 22.7 Å². The number of carbonyl (C=O) groups excluding carboxylic acids is 1. The molecule has 0 heterocycles. The second-order valence-electron chi connectivity index (χ2n) is 7.10. The number of benzene rings is 2. The van der Waals surface area contributed by atoms with Gasteiger partial charge in [-0.15, -0.1) is 0 Å². The van der Waals surface area contributed by atoms with Crippen LogP contribution in [-0.2, 0) is 4.79 Å². The highest BCUT2D eigenvalue weighted by Crippen LogP contribution is 2.39. The Morgan fingerprint density at radius 2 is 1.75 bits per heavy atom. The lowest BCUT2D eigenvalue weighted by Gasteiger charge is -2.29. The molecule has 1 aliphatic carbocycles. The molecule has 6 heteroatoms. The summed E-state index contributed by atoms with van der Waals surface area (Å²) in [5.41, 5.74) is 1.98. The Morgan fingerprint density at radius 3 is 2.50 bits per heavy atom. The molecule has 2 atom stereocenters. The molecule has 2 aromatic carbocycles. The van der Waals surface area contributed by atoms with E-state index in [-0.39, 0.29) is 31.9 Å². The van der Waals surface area contributed by atoms with E-state index in [0.717, 1.165) is 11.1 Å². The first-order valence-corrected chi connectivity index (χ1v) is 9.57. The second kappa shape index (κ2) is 9.13. The van der Waals surface area contributed by atoms with Crippen molar-refractivity contribution in [2.75, 3.05) is 13.2 Å². The van der Waals surface area contributed by atoms with Gasteiger partial charge in [-0.3, -0.25) is 4.79 Å². The molecule has 3 nitrogen and oxygen atoms in total. The normalized spacial score (nSPS) is 19.8. The summed E-state index contributed by atoms with van der Waals surface area (Å²) in [7, 11) is 0. The van der Waals surface area contributed by atoms with Crippen LogP contribution in [0.15, 0.2) is 54.6 Å². The van der Waals surface area contributed by atoms with Crippen LogP contribution in [-0.4, -0.2) is 25.2 Å². The van der Waals surface area contributed by atoms with Gasteiger partial charge in [0.1, 0.15) is 12.4 Å². The average Bonchev–Trinajstić information content (AvgIpc) is 2.71. The largest absolute Gasteiger partial charge is 0.491 e. The van der Waals surface area contributed by atoms with Crippen molar-refractivity contribution in [3.05, 3.63) is 54.6 Å². The van der Waals surface area contributed by atoms with Gasteiger partial charge in [-0.1, -0.05) is 55.0 Å². The van der Waals surface area contributed by atoms with Crippen molar-refractivity contribution >= 4 is 5.91 Å². The highest BCUT2D eigenvalue weighted by molar-refractivity contribution is 5.78. The zero-order valence-corrected chi connectivity index (χ0v) is 15.5. The summed E-state index contributed by atoms with van der Waals surface area (Å²) < 4.78 is 44.5. The SMILES string of the molecule is O=C(NCCOc1ccccc1-c1ccccc1)C1CCCC(C(F)(F)F)C1. The molecular weight excluding hydrogens is 367 g/mol. The standard InChI is InChI=1S/C22H24F3NO2/c23-22(24,25)18-10-6-9-17(15-18)21(27)26-13-14-28-20-12-5-4-11-19(20)16-7-2-1-3-8-16/h1-5,7-8,11-12,17-18H,6,9-10,13-15H2,(H,26,27). The Kier molecular flexibility index (Phi) is 6.60. The fraction of sp³-hybridized carbons (Fsp3) is 0.409. The summed E-state index contributed by atoms with van der Waals surface area (Å²) in [6.07, 6.45) is -3.28. The summed E-state index contributed by atoms with van der Waals surface area (Å²) in [5, 5.41) is 2.72. The second-order valence-corrected chi connectivity index (χ2v) is 7.10. The van der Waals surface area contributed by atoms with Crippen LogP contribution in [0.1, 0.15) is 25.7 Å². The number of alkyl halides is 3. The van der Waals surface area contributed by atoms with Crippen LogP contribution in [0.2, 0.25) is 0 Å². The number of para-hydroxylation sites is 1. The summed E-state index contributed by atoms with van der Waals surface area (Å²) >= 11 is 0. The first kappa shape index (κ1) is 20.2. The van der Waals surface area contributed by atoms with E-state index in [2.05, 4.69) is 5.32 Å². The van der Waals surface area contributed by atoms with Crippen molar-refractivity contribution in [3.63, 3.8) is 0 Å². The smallest absolute Gasteiger partial charge is 0.391 e. The van der Waals surface area contributed by atoms with Crippen LogP contribution >= 0.6 is 0 Å². The highest BCUT2D eigenvalue weighted by Gasteiger charge is 2.43. The monoisotopic (exact) mass is 391 g/mol. The maximum Gasteiger partial charge on any atom is 0.391 e. The van der Waals surface area contributed by atoms with E-state index < -0.39 is 18.0 Å². The minimum atomic E-state index is -4.22. The zero-order chi connectivity index (χ0) is 20.0. The number of amides is 1. The lowest BCUT2D eigenvalue weighted by atomic mass is 9.80. The predicted molar refractivity (Wildman–Crippen MR) is 102 cm³/mol. The number of nitrogens with one attached hydrogen (secondary N) is 1. The summed E-state index contributed by atoms with van der Waals surface area (Å²) in [5.74, 6) is -1.55. The molecule has 2 unspecified atom stereocenters. The van der Waals surface area contributed by atoms with Gasteiger partial charge in [-0.25, -0.2) is 0 Å². The minimum Gasteiger partial charge on any atom is -0.491 e. The van der Waals surface area contributed by atoms with Crippen LogP contribution in [0, 0.1) is 11.8 Å². The van der Waals surface area contributed by atoms with E-state index in [9.17, 15) is 18.0 Å². The lowest BCUT2D eigenvalue weighted by molar-refractivity contribution is -0.186. The van der Waals surface area contributed by atoms with Crippen molar-refractivity contribution in [2.45, 2.75) is 31.9 Å². The van der Waals surface area contributed by atoms with Crippen LogP contribution in [0.4, 0.5) is 13.2 Å². The topological polar surface area (TPSA) is 38.3 Å². The fourth-order valence-electron chi connectivity index (χ4n) is 3.65. The number of carbonyl (C=O) groups is 1. The molecule has 28 heavy (non-hydrogen) atoms. The van der Waals surface area contributed by atoms with E-state index in [1.54, 1.807) is 0 Å². The van der Waals surface area contributed by atoms with Gasteiger partial charge in [-0.2, -0.15) is 13.2 Å². The molecule has 1 saturated carbocycles. The predicted octanol–water partition coefficient (Wildman–Crippen LogP) is 5.22. The molecule has 2 aromatic rings. The number of hydrogen-bond acceptors (Lipinski definition) is 2. The Labute approximate surface area is 162 Å². The molecule has 3 rings (SSSR count). The Bertz CT molecular complexity index is 777. The molecule has 1 aliphatic rings. The van der Waals surface area contributed by atoms with E-state index in [1.807, 2.05) is 54.6 Å². The van der Waals surface area contributed by atoms with Gasteiger partial charge in [-0.05, 0) is 30.9 Å². The van der Waals surface area contributed by atoms with E-state index in [1.165, 1.54) is 0 Å². The van der Waals surface area contributed by atoms with E-state index in [0.29, 0.717) is 18.6 Å². The molecule has 0 radical (unpaired) electrons. The number of ether oxygens (including phenoxy) is 1. The van der Waals surface area contributed by atoms with Crippen molar-refractivity contribution in [1.82, 2.24) is 5.32 Å². The van der Waals surface area contributed by atoms with Crippen molar-refractivity contribution in [3.8, 4) is 16.9 Å². The Morgan fingerprint density at radius 1 is 1.04 bits per heavy atom. The van der Waals surface area contributed by atoms with Crippen molar-refractivity contribution in [1.29, 1.82) is 0 Å². The molecule has 0 aliphatic heterocycles. The molecule has 0 bridgehead atoms. The van der Waals surface area contributed by atoms with Crippen LogP contribution in [0.25, 0.3) is 11.1 Å². The quantitative estimate of drug-likeness (QED) is 0.686. The van der Waals surface area contributed by atoms with E-state index >= 15 is 0 Å². The minimum absolute atomic E-state index is 0.118. The summed E-state index contributed by atoms with van der Waals surface area (Å²) in [6, 6.07) is 17.4. The first-order chi connectivity index (χ1) is 13.4. The molecule has 0 saturated heterocycles. The Balaban J connectivity index is 1.49. The maximum absolute atomic E-state index is 12.9. The van der Waals surface area contributed by atoms with Gasteiger partial charge < -0.3 is 10.1 Å². The van der Waals surface area contributed by atoms with Gasteiger partial charge in [0.2, 0.25) is 5.91 Å². The van der Waals surface area contributed by atoms with Gasteiger partial charge in [0.25, 0.3) is 0 Å². The third-order valence-corrected chi connectivity index (χ3v) is 5.14. The van der Waals surface area contributed by atoms with Crippen LogP contribution in [0.3, 0.4) is 0 Å². The first-order valence-electron chi connectivity index (χ1n) is 9.57. The third-order valence-electron chi connectivity index (χ3n) is 5.14. The maximum atomic E-state index is 12.9. The summed E-state index contributed by atoms with van der Waals surface area (Å²) in [6.45, 7) is 0.514. The molecule has 0 aromatic heterocycles. The third kappa shape index (κ3) is 5.27. The van der Waals surface area contributed by atoms with Gasteiger partial charge >= 0.3 is 6.18 Å². The van der Waals surface area contributed by atoms with E-state index in [4.69, 9.17) is 4.74 Å². The highest BCUT2D eigenvalue weighted by atomic mass is 19.4. The van der Waals surface area contributed by atoms with Crippen LogP contribution < -0.4 is 10.1 Å². The fourth-order valence-corrected chi connectivity index (χ4v) is 3.65. The number of hydrogen-bond donors (Lipinski definition) is 1. The molecule has 1 N–H and O–H groups in total. The van der Waals surface area contributed by atoms with Gasteiger partial charge in [0.15, 0.2) is 0 Å². The zero-order valence-electron chi connectivity index (χ0n) is 15.5. The number of rotatable bonds is 6.